The van der Waals surface area contributed by atoms with Crippen LogP contribution in [0.5, 0.6) is 5.75 Å². The van der Waals surface area contributed by atoms with Crippen LogP contribution in [0.3, 0.4) is 0 Å². The zero-order valence-corrected chi connectivity index (χ0v) is 12.7. The molecule has 1 aromatic carbocycles. The van der Waals surface area contributed by atoms with Crippen LogP contribution >= 0.6 is 0 Å². The molecule has 0 aliphatic rings. The molecule has 0 saturated carbocycles. The van der Waals surface area contributed by atoms with Gasteiger partial charge in [-0.1, -0.05) is 0 Å². The third kappa shape index (κ3) is 2.76. The lowest BCUT2D eigenvalue weighted by atomic mass is 10.2. The third-order valence-electron chi connectivity index (χ3n) is 3.64. The monoisotopic (exact) mass is 332 g/mol. The first-order valence-electron chi connectivity index (χ1n) is 7.10. The summed E-state index contributed by atoms with van der Waals surface area (Å²) in [4.78, 5) is 11.5. The molecular formula is C17H14F2N2O3. The summed E-state index contributed by atoms with van der Waals surface area (Å²) in [5, 5.41) is 12.3. The number of carbonyl (C=O) groups is 1. The van der Waals surface area contributed by atoms with E-state index in [9.17, 15) is 18.7 Å². The average molecular weight is 332 g/mol. The normalized spacial score (nSPS) is 10.8. The molecule has 3 rings (SSSR count). The molecule has 3 aromatic rings. The van der Waals surface area contributed by atoms with Crippen LogP contribution in [0, 0.1) is 11.6 Å². The van der Waals surface area contributed by atoms with E-state index in [1.807, 2.05) is 0 Å². The number of fused-ring (bicyclic) bond motifs is 1. The Morgan fingerprint density at radius 1 is 1.25 bits per heavy atom. The summed E-state index contributed by atoms with van der Waals surface area (Å²) in [6.07, 6.45) is 1.64. The predicted octanol–water partition coefficient (Wildman–Crippen LogP) is 3.54. The Bertz CT molecular complexity index is 898. The van der Waals surface area contributed by atoms with Gasteiger partial charge in [-0.3, -0.25) is 0 Å². The highest BCUT2D eigenvalue weighted by molar-refractivity contribution is 5.93. The Kier molecular flexibility index (Phi) is 4.07. The van der Waals surface area contributed by atoms with Crippen LogP contribution in [-0.4, -0.2) is 22.6 Å². The van der Waals surface area contributed by atoms with E-state index in [1.54, 1.807) is 30.5 Å². The topological polar surface area (TPSA) is 63.0 Å². The number of benzene rings is 1. The number of hydrogen-bond donors (Lipinski definition) is 2. The Morgan fingerprint density at radius 2 is 1.96 bits per heavy atom. The maximum absolute atomic E-state index is 13.7. The molecule has 7 heteroatoms. The molecular weight excluding hydrogens is 318 g/mol. The Hall–Kier alpha value is -3.09. The van der Waals surface area contributed by atoms with E-state index in [4.69, 9.17) is 0 Å². The number of carboxylic acid groups (broad SMARTS) is 1. The number of hydrogen-bond acceptors (Lipinski definition) is 3. The lowest BCUT2D eigenvalue weighted by molar-refractivity contribution is 0.0690. The van der Waals surface area contributed by atoms with Crippen LogP contribution in [0.1, 0.15) is 16.1 Å². The average Bonchev–Trinajstić information content (AvgIpc) is 3.00. The Labute approximate surface area is 136 Å². The molecule has 0 radical (unpaired) electrons. The van der Waals surface area contributed by atoms with Gasteiger partial charge in [0.2, 0.25) is 0 Å². The summed E-state index contributed by atoms with van der Waals surface area (Å²) in [6.45, 7) is 0.0604. The molecule has 5 nitrogen and oxygen atoms in total. The quantitative estimate of drug-likeness (QED) is 0.750. The van der Waals surface area contributed by atoms with Crippen LogP contribution in [0.15, 0.2) is 42.6 Å². The molecule has 124 valence electrons. The van der Waals surface area contributed by atoms with Crippen molar-refractivity contribution >= 4 is 17.2 Å². The van der Waals surface area contributed by atoms with E-state index in [0.29, 0.717) is 11.3 Å². The number of halogens is 2. The zero-order chi connectivity index (χ0) is 17.3. The van der Waals surface area contributed by atoms with Crippen molar-refractivity contribution in [1.82, 2.24) is 4.40 Å². The molecule has 0 atom stereocenters. The van der Waals surface area contributed by atoms with Crippen LogP contribution in [0.2, 0.25) is 0 Å². The summed E-state index contributed by atoms with van der Waals surface area (Å²) in [5.41, 5.74) is 1.46. The minimum absolute atomic E-state index is 0.0481. The number of ether oxygens (including phenoxy) is 1. The fourth-order valence-corrected chi connectivity index (χ4v) is 2.58. The molecule has 0 fully saturated rings. The number of rotatable bonds is 5. The maximum atomic E-state index is 13.7. The minimum atomic E-state index is -1.11. The second-order valence-electron chi connectivity index (χ2n) is 5.15. The van der Waals surface area contributed by atoms with Crippen molar-refractivity contribution in [2.45, 2.75) is 6.54 Å². The van der Waals surface area contributed by atoms with Crippen LogP contribution < -0.4 is 10.1 Å². The Balaban J connectivity index is 1.91. The van der Waals surface area contributed by atoms with E-state index < -0.39 is 23.4 Å². The van der Waals surface area contributed by atoms with Gasteiger partial charge in [-0.2, -0.15) is 0 Å². The second kappa shape index (κ2) is 6.19. The molecule has 2 N–H and O–H groups in total. The lowest BCUT2D eigenvalue weighted by Crippen LogP contribution is -2.11. The molecule has 0 bridgehead atoms. The number of aromatic nitrogens is 1. The fraction of sp³-hybridized carbons (Fsp3) is 0.118. The summed E-state index contributed by atoms with van der Waals surface area (Å²) < 4.78 is 33.6. The largest absolute Gasteiger partial charge is 0.491 e. The van der Waals surface area contributed by atoms with Gasteiger partial charge in [-0.05, 0) is 42.0 Å². The number of nitrogens with zero attached hydrogens (tertiary/aromatic N) is 1. The van der Waals surface area contributed by atoms with Gasteiger partial charge < -0.3 is 19.6 Å². The third-order valence-corrected chi connectivity index (χ3v) is 3.64. The molecule has 0 aliphatic carbocycles. The van der Waals surface area contributed by atoms with E-state index in [2.05, 4.69) is 10.1 Å². The smallest absolute Gasteiger partial charge is 0.355 e. The number of anilines is 1. The summed E-state index contributed by atoms with van der Waals surface area (Å²) in [6, 6.07) is 9.18. The predicted molar refractivity (Wildman–Crippen MR) is 84.6 cm³/mol. The molecule has 24 heavy (non-hydrogen) atoms. The SMILES string of the molecule is COc1c(F)cc(CNc2ccc3cccn3c2C(=O)O)cc1F. The van der Waals surface area contributed by atoms with Crippen molar-refractivity contribution in [2.75, 3.05) is 12.4 Å². The minimum Gasteiger partial charge on any atom is -0.491 e. The van der Waals surface area contributed by atoms with Crippen molar-refractivity contribution in [2.24, 2.45) is 0 Å². The number of nitrogens with one attached hydrogen (secondary N) is 1. The number of methoxy groups -OCH3 is 1. The standard InChI is InChI=1S/C17H14F2N2O3/c1-24-16-12(18)7-10(8-13(16)19)9-20-14-5-4-11-3-2-6-21(11)15(14)17(22)23/h2-8,20H,9H2,1H3,(H,22,23). The fourth-order valence-electron chi connectivity index (χ4n) is 2.58. The van der Waals surface area contributed by atoms with Crippen LogP contribution in [0.4, 0.5) is 14.5 Å². The first-order chi connectivity index (χ1) is 11.5. The summed E-state index contributed by atoms with van der Waals surface area (Å²) >= 11 is 0. The highest BCUT2D eigenvalue weighted by Crippen LogP contribution is 2.24. The van der Waals surface area contributed by atoms with Gasteiger partial charge in [-0.25, -0.2) is 13.6 Å². The molecule has 0 amide bonds. The Morgan fingerprint density at radius 3 is 2.58 bits per heavy atom. The second-order valence-corrected chi connectivity index (χ2v) is 5.15. The van der Waals surface area contributed by atoms with Crippen molar-refractivity contribution in [3.63, 3.8) is 0 Å². The molecule has 0 aliphatic heterocycles. The first-order valence-corrected chi connectivity index (χ1v) is 7.10. The number of aromatic carboxylic acids is 1. The molecule has 0 unspecified atom stereocenters. The van der Waals surface area contributed by atoms with Crippen molar-refractivity contribution in [3.05, 3.63) is 65.5 Å². The lowest BCUT2D eigenvalue weighted by Gasteiger charge is -2.13. The van der Waals surface area contributed by atoms with E-state index >= 15 is 0 Å². The number of carboxylic acids is 1. The van der Waals surface area contributed by atoms with E-state index in [-0.39, 0.29) is 12.2 Å². The van der Waals surface area contributed by atoms with E-state index in [0.717, 1.165) is 17.6 Å². The molecule has 0 saturated heterocycles. The van der Waals surface area contributed by atoms with Crippen molar-refractivity contribution in [3.8, 4) is 5.75 Å². The molecule has 0 spiro atoms. The van der Waals surface area contributed by atoms with Crippen molar-refractivity contribution < 1.29 is 23.4 Å². The number of pyridine rings is 1. The molecule has 2 aromatic heterocycles. The van der Waals surface area contributed by atoms with Gasteiger partial charge in [0.15, 0.2) is 23.1 Å². The highest BCUT2D eigenvalue weighted by Gasteiger charge is 2.15. The summed E-state index contributed by atoms with van der Waals surface area (Å²) in [5.74, 6) is -3.17. The van der Waals surface area contributed by atoms with Gasteiger partial charge >= 0.3 is 5.97 Å². The van der Waals surface area contributed by atoms with Gasteiger partial charge in [0.25, 0.3) is 0 Å². The van der Waals surface area contributed by atoms with E-state index in [1.165, 1.54) is 11.5 Å². The summed E-state index contributed by atoms with van der Waals surface area (Å²) in [7, 11) is 1.19. The highest BCUT2D eigenvalue weighted by atomic mass is 19.1. The van der Waals surface area contributed by atoms with Gasteiger partial charge in [0, 0.05) is 18.3 Å². The van der Waals surface area contributed by atoms with Gasteiger partial charge in [-0.15, -0.1) is 0 Å². The zero-order valence-electron chi connectivity index (χ0n) is 12.7. The molecule has 2 heterocycles. The van der Waals surface area contributed by atoms with Gasteiger partial charge in [0.05, 0.1) is 12.8 Å². The van der Waals surface area contributed by atoms with Crippen LogP contribution in [-0.2, 0) is 6.54 Å². The van der Waals surface area contributed by atoms with Gasteiger partial charge in [0.1, 0.15) is 0 Å². The van der Waals surface area contributed by atoms with Crippen molar-refractivity contribution in [1.29, 1.82) is 0 Å². The van der Waals surface area contributed by atoms with Crippen LogP contribution in [0.25, 0.3) is 5.52 Å². The maximum Gasteiger partial charge on any atom is 0.355 e. The first kappa shape index (κ1) is 15.8.